The van der Waals surface area contributed by atoms with Gasteiger partial charge in [-0.1, -0.05) is 27.5 Å². The average Bonchev–Trinajstić information content (AvgIpc) is 2.27. The molecule has 0 bridgehead atoms. The third kappa shape index (κ3) is 3.31. The molecular weight excluding hydrogens is 395 g/mol. The van der Waals surface area contributed by atoms with Crippen molar-refractivity contribution in [3.05, 3.63) is 43.6 Å². The first-order chi connectivity index (χ1) is 8.06. The van der Waals surface area contributed by atoms with E-state index in [0.717, 1.165) is 4.47 Å². The van der Waals surface area contributed by atoms with E-state index < -0.39 is 0 Å². The van der Waals surface area contributed by atoms with Gasteiger partial charge in [-0.25, -0.2) is 4.98 Å². The molecule has 88 valence electrons. The fourth-order valence-corrected chi connectivity index (χ4v) is 2.17. The van der Waals surface area contributed by atoms with E-state index in [1.54, 1.807) is 12.1 Å². The summed E-state index contributed by atoms with van der Waals surface area (Å²) >= 11 is 18.3. The second kappa shape index (κ2) is 5.52. The minimum absolute atomic E-state index is 0.108. The Labute approximate surface area is 124 Å². The van der Waals surface area contributed by atoms with Crippen LogP contribution in [0.4, 0.5) is 0 Å². The smallest absolute Gasteiger partial charge is 0.238 e. The van der Waals surface area contributed by atoms with Gasteiger partial charge in [0.2, 0.25) is 11.2 Å². The summed E-state index contributed by atoms with van der Waals surface area (Å²) < 4.78 is 7.01. The van der Waals surface area contributed by atoms with Crippen LogP contribution in [0.2, 0.25) is 10.3 Å². The molecule has 0 N–H and O–H groups in total. The van der Waals surface area contributed by atoms with Gasteiger partial charge < -0.3 is 4.74 Å². The molecule has 1 aromatic heterocycles. The molecule has 2 aromatic rings. The number of hydrogen-bond acceptors (Lipinski definition) is 3. The lowest BCUT2D eigenvalue weighted by atomic mass is 10.3. The van der Waals surface area contributed by atoms with Crippen molar-refractivity contribution >= 4 is 55.1 Å². The van der Waals surface area contributed by atoms with Gasteiger partial charge in [-0.15, -0.1) is 0 Å². The van der Waals surface area contributed by atoms with Crippen molar-refractivity contribution in [3.8, 4) is 11.6 Å². The highest BCUT2D eigenvalue weighted by atomic mass is 79.9. The van der Waals surface area contributed by atoms with Crippen molar-refractivity contribution in [3.63, 3.8) is 0 Å². The number of hydrogen-bond donors (Lipinski definition) is 0. The van der Waals surface area contributed by atoms with Gasteiger partial charge in [0.25, 0.3) is 0 Å². The lowest BCUT2D eigenvalue weighted by molar-refractivity contribution is 0.458. The highest BCUT2D eigenvalue weighted by molar-refractivity contribution is 9.10. The van der Waals surface area contributed by atoms with E-state index >= 15 is 0 Å². The van der Waals surface area contributed by atoms with Crippen molar-refractivity contribution in [2.24, 2.45) is 0 Å². The van der Waals surface area contributed by atoms with Gasteiger partial charge in [-0.05, 0) is 45.7 Å². The lowest BCUT2D eigenvalue weighted by Gasteiger charge is -2.08. The minimum atomic E-state index is 0.108. The topological polar surface area (TPSA) is 35.0 Å². The first-order valence-electron chi connectivity index (χ1n) is 4.37. The zero-order chi connectivity index (χ0) is 12.4. The summed E-state index contributed by atoms with van der Waals surface area (Å²) in [6.07, 6.45) is 1.51. The maximum Gasteiger partial charge on any atom is 0.238 e. The summed E-state index contributed by atoms with van der Waals surface area (Å²) in [5, 5.41) is 0.581. The fourth-order valence-electron chi connectivity index (χ4n) is 1.06. The number of nitrogens with zero attached hydrogens (tertiary/aromatic N) is 2. The van der Waals surface area contributed by atoms with Gasteiger partial charge >= 0.3 is 0 Å². The fraction of sp³-hybridized carbons (Fsp3) is 0. The van der Waals surface area contributed by atoms with E-state index in [1.165, 1.54) is 6.20 Å². The van der Waals surface area contributed by atoms with E-state index in [9.17, 15) is 0 Å². The largest absolute Gasteiger partial charge is 0.436 e. The molecule has 0 saturated heterocycles. The number of ether oxygens (including phenoxy) is 1. The van der Waals surface area contributed by atoms with Crippen LogP contribution in [0.25, 0.3) is 0 Å². The molecule has 0 aliphatic heterocycles. The zero-order valence-electron chi connectivity index (χ0n) is 8.12. The van der Waals surface area contributed by atoms with E-state index in [4.69, 9.17) is 27.9 Å². The average molecular weight is 399 g/mol. The molecule has 2 rings (SSSR count). The molecule has 0 fully saturated rings. The molecule has 0 unspecified atom stereocenters. The normalized spacial score (nSPS) is 10.4. The monoisotopic (exact) mass is 396 g/mol. The Morgan fingerprint density at radius 3 is 2.65 bits per heavy atom. The summed E-state index contributed by atoms with van der Waals surface area (Å²) in [6.45, 7) is 0. The third-order valence-electron chi connectivity index (χ3n) is 1.78. The molecule has 0 aliphatic rings. The summed E-state index contributed by atoms with van der Waals surface area (Å²) in [6, 6.07) is 5.28. The number of rotatable bonds is 2. The SMILES string of the molecule is Clc1ncc(Br)c(Oc2ccc(Br)cc2Cl)n1. The first kappa shape index (κ1) is 13.1. The molecule has 0 radical (unpaired) electrons. The van der Waals surface area contributed by atoms with Crippen LogP contribution >= 0.6 is 55.1 Å². The molecule has 0 spiro atoms. The maximum absolute atomic E-state index is 6.02. The van der Waals surface area contributed by atoms with Crippen molar-refractivity contribution in [1.82, 2.24) is 9.97 Å². The van der Waals surface area contributed by atoms with Crippen molar-refractivity contribution in [2.75, 3.05) is 0 Å². The summed E-state index contributed by atoms with van der Waals surface area (Å²) in [5.41, 5.74) is 0. The van der Waals surface area contributed by atoms with Gasteiger partial charge in [-0.2, -0.15) is 4.98 Å². The predicted molar refractivity (Wildman–Crippen MR) is 74.0 cm³/mol. The highest BCUT2D eigenvalue weighted by Crippen LogP contribution is 2.33. The molecule has 17 heavy (non-hydrogen) atoms. The second-order valence-electron chi connectivity index (χ2n) is 2.97. The van der Waals surface area contributed by atoms with Crippen LogP contribution in [0.15, 0.2) is 33.3 Å². The first-order valence-corrected chi connectivity index (χ1v) is 6.71. The summed E-state index contributed by atoms with van der Waals surface area (Å²) in [5.74, 6) is 0.805. The van der Waals surface area contributed by atoms with Crippen LogP contribution in [0.1, 0.15) is 0 Å². The number of aromatic nitrogens is 2. The minimum Gasteiger partial charge on any atom is -0.436 e. The third-order valence-corrected chi connectivity index (χ3v) is 3.30. The molecule has 3 nitrogen and oxygen atoms in total. The summed E-state index contributed by atoms with van der Waals surface area (Å²) in [7, 11) is 0. The Bertz CT molecular complexity index is 566. The second-order valence-corrected chi connectivity index (χ2v) is 5.48. The van der Waals surface area contributed by atoms with E-state index in [0.29, 0.717) is 21.1 Å². The quantitative estimate of drug-likeness (QED) is 0.660. The van der Waals surface area contributed by atoms with Crippen molar-refractivity contribution in [1.29, 1.82) is 0 Å². The van der Waals surface area contributed by atoms with Gasteiger partial charge in [-0.3, -0.25) is 0 Å². The Kier molecular flexibility index (Phi) is 4.25. The lowest BCUT2D eigenvalue weighted by Crippen LogP contribution is -1.92. The molecule has 1 aromatic carbocycles. The highest BCUT2D eigenvalue weighted by Gasteiger charge is 2.09. The molecule has 0 aliphatic carbocycles. The van der Waals surface area contributed by atoms with Gasteiger partial charge in [0.05, 0.1) is 9.50 Å². The molecule has 1 heterocycles. The van der Waals surface area contributed by atoms with E-state index in [2.05, 4.69) is 41.8 Å². The summed E-state index contributed by atoms with van der Waals surface area (Å²) in [4.78, 5) is 7.75. The van der Waals surface area contributed by atoms with Crippen molar-refractivity contribution in [2.45, 2.75) is 0 Å². The van der Waals surface area contributed by atoms with Crippen LogP contribution in [-0.4, -0.2) is 9.97 Å². The molecular formula is C10H4Br2Cl2N2O. The number of halogens is 4. The molecule has 0 atom stereocenters. The van der Waals surface area contributed by atoms with E-state index in [1.807, 2.05) is 6.07 Å². The Hall–Kier alpha value is -0.360. The Balaban J connectivity index is 2.34. The van der Waals surface area contributed by atoms with Gasteiger partial charge in [0.15, 0.2) is 0 Å². The molecule has 0 amide bonds. The predicted octanol–water partition coefficient (Wildman–Crippen LogP) is 5.10. The zero-order valence-corrected chi connectivity index (χ0v) is 12.8. The Morgan fingerprint density at radius 2 is 1.94 bits per heavy atom. The molecule has 7 heteroatoms. The van der Waals surface area contributed by atoms with Crippen molar-refractivity contribution < 1.29 is 4.74 Å². The van der Waals surface area contributed by atoms with Gasteiger partial charge in [0.1, 0.15) is 5.75 Å². The van der Waals surface area contributed by atoms with Crippen LogP contribution in [0.5, 0.6) is 11.6 Å². The Morgan fingerprint density at radius 1 is 1.18 bits per heavy atom. The standard InChI is InChI=1S/C10H4Br2Cl2N2O/c11-5-1-2-8(7(13)3-5)17-9-6(12)4-15-10(14)16-9/h1-4H. The van der Waals surface area contributed by atoms with E-state index in [-0.39, 0.29) is 5.28 Å². The maximum atomic E-state index is 6.02. The van der Waals surface area contributed by atoms with Crippen LogP contribution in [0.3, 0.4) is 0 Å². The van der Waals surface area contributed by atoms with Crippen LogP contribution in [-0.2, 0) is 0 Å². The van der Waals surface area contributed by atoms with Gasteiger partial charge in [0, 0.05) is 10.7 Å². The number of benzene rings is 1. The van der Waals surface area contributed by atoms with Crippen LogP contribution < -0.4 is 4.74 Å². The molecule has 0 saturated carbocycles. The van der Waals surface area contributed by atoms with Crippen LogP contribution in [0, 0.1) is 0 Å².